The van der Waals surface area contributed by atoms with Gasteiger partial charge in [0.1, 0.15) is 0 Å². The summed E-state index contributed by atoms with van der Waals surface area (Å²) >= 11 is 3.63. The molecule has 0 spiro atoms. The maximum atomic E-state index is 3.75. The minimum absolute atomic E-state index is 0.619. The molecule has 0 aromatic heterocycles. The molecule has 19 heavy (non-hydrogen) atoms. The molecular weight excluding hydrogens is 298 g/mol. The maximum absolute atomic E-state index is 3.75. The molecule has 2 aliphatic carbocycles. The Morgan fingerprint density at radius 2 is 1.89 bits per heavy atom. The van der Waals surface area contributed by atoms with E-state index in [1.807, 2.05) is 0 Å². The Morgan fingerprint density at radius 1 is 1.05 bits per heavy atom. The second-order valence-corrected chi connectivity index (χ2v) is 6.48. The average Bonchev–Trinajstić information content (AvgIpc) is 2.80. The summed E-state index contributed by atoms with van der Waals surface area (Å²) in [4.78, 5) is 0. The highest BCUT2D eigenvalue weighted by molar-refractivity contribution is 9.10. The number of hydrogen-bond donors (Lipinski definition) is 1. The topological polar surface area (TPSA) is 12.0 Å². The summed E-state index contributed by atoms with van der Waals surface area (Å²) in [5.41, 5.74) is 1.27. The molecule has 3 atom stereocenters. The highest BCUT2D eigenvalue weighted by atomic mass is 79.9. The first kappa shape index (κ1) is 11.5. The van der Waals surface area contributed by atoms with E-state index in [0.29, 0.717) is 6.04 Å². The highest BCUT2D eigenvalue weighted by Crippen LogP contribution is 2.44. The molecule has 0 aliphatic heterocycles. The quantitative estimate of drug-likeness (QED) is 0.771. The molecule has 1 fully saturated rings. The molecule has 96 valence electrons. The van der Waals surface area contributed by atoms with Crippen LogP contribution in [0.3, 0.4) is 0 Å². The Bertz CT molecular complexity index is 661. The van der Waals surface area contributed by atoms with Crippen LogP contribution in [0.15, 0.2) is 53.0 Å². The molecule has 2 aliphatic rings. The predicted molar refractivity (Wildman–Crippen MR) is 84.4 cm³/mol. The van der Waals surface area contributed by atoms with E-state index in [0.717, 1.165) is 11.8 Å². The van der Waals surface area contributed by atoms with Crippen molar-refractivity contribution in [3.63, 3.8) is 0 Å². The summed E-state index contributed by atoms with van der Waals surface area (Å²) in [6.07, 6.45) is 7.33. The van der Waals surface area contributed by atoms with Gasteiger partial charge in [-0.2, -0.15) is 0 Å². The van der Waals surface area contributed by atoms with Crippen molar-refractivity contribution in [3.8, 4) is 0 Å². The zero-order valence-electron chi connectivity index (χ0n) is 10.6. The number of fused-ring (bicyclic) bond motifs is 2. The van der Waals surface area contributed by atoms with Crippen LogP contribution in [0.4, 0.5) is 5.69 Å². The Kier molecular flexibility index (Phi) is 2.66. The fraction of sp³-hybridized carbons (Fsp3) is 0.294. The van der Waals surface area contributed by atoms with Gasteiger partial charge in [-0.25, -0.2) is 0 Å². The molecule has 1 saturated carbocycles. The van der Waals surface area contributed by atoms with Crippen LogP contribution in [0, 0.1) is 11.8 Å². The van der Waals surface area contributed by atoms with Gasteiger partial charge in [0.25, 0.3) is 0 Å². The van der Waals surface area contributed by atoms with Crippen LogP contribution >= 0.6 is 15.9 Å². The smallest absolute Gasteiger partial charge is 0.0423 e. The number of rotatable bonds is 2. The first-order chi connectivity index (χ1) is 9.33. The van der Waals surface area contributed by atoms with Crippen molar-refractivity contribution in [2.45, 2.75) is 18.9 Å². The number of hydrogen-bond acceptors (Lipinski definition) is 1. The molecule has 2 aromatic carbocycles. The van der Waals surface area contributed by atoms with E-state index in [4.69, 9.17) is 0 Å². The third-order valence-corrected chi connectivity index (χ3v) is 5.27. The third-order valence-electron chi connectivity index (χ3n) is 4.57. The van der Waals surface area contributed by atoms with E-state index in [-0.39, 0.29) is 0 Å². The molecule has 0 radical (unpaired) electrons. The second kappa shape index (κ2) is 4.38. The number of nitrogens with one attached hydrogen (secondary N) is 1. The highest BCUT2D eigenvalue weighted by Gasteiger charge is 2.40. The SMILES string of the molecule is Brc1ccc(NC2CC3CC=CC32)c2ccccc12. The summed E-state index contributed by atoms with van der Waals surface area (Å²) in [6.45, 7) is 0. The minimum Gasteiger partial charge on any atom is -0.381 e. The van der Waals surface area contributed by atoms with Gasteiger partial charge in [0, 0.05) is 27.5 Å². The third kappa shape index (κ3) is 1.81. The van der Waals surface area contributed by atoms with E-state index < -0.39 is 0 Å². The molecule has 1 N–H and O–H groups in total. The van der Waals surface area contributed by atoms with E-state index >= 15 is 0 Å². The van der Waals surface area contributed by atoms with Crippen LogP contribution in [0.2, 0.25) is 0 Å². The van der Waals surface area contributed by atoms with Crippen LogP contribution in [0.25, 0.3) is 10.8 Å². The van der Waals surface area contributed by atoms with Crippen LogP contribution in [-0.2, 0) is 0 Å². The van der Waals surface area contributed by atoms with Gasteiger partial charge >= 0.3 is 0 Å². The Morgan fingerprint density at radius 3 is 2.74 bits per heavy atom. The summed E-state index contributed by atoms with van der Waals surface area (Å²) in [5, 5.41) is 6.34. The maximum Gasteiger partial charge on any atom is 0.0423 e. The van der Waals surface area contributed by atoms with Gasteiger partial charge in [-0.15, -0.1) is 0 Å². The lowest BCUT2D eigenvalue weighted by Gasteiger charge is -2.41. The van der Waals surface area contributed by atoms with E-state index in [1.165, 1.54) is 33.8 Å². The van der Waals surface area contributed by atoms with Crippen LogP contribution < -0.4 is 5.32 Å². The molecule has 4 rings (SSSR count). The second-order valence-electron chi connectivity index (χ2n) is 5.63. The van der Waals surface area contributed by atoms with Gasteiger partial charge in [-0.1, -0.05) is 52.3 Å². The summed E-state index contributed by atoms with van der Waals surface area (Å²) in [7, 11) is 0. The molecule has 2 heteroatoms. The van der Waals surface area contributed by atoms with Crippen molar-refractivity contribution in [3.05, 3.63) is 53.0 Å². The number of halogens is 1. The normalized spacial score (nSPS) is 28.2. The first-order valence-corrected chi connectivity index (χ1v) is 7.73. The van der Waals surface area contributed by atoms with Crippen molar-refractivity contribution in [2.75, 3.05) is 5.32 Å². The summed E-state index contributed by atoms with van der Waals surface area (Å²) in [5.74, 6) is 1.65. The van der Waals surface area contributed by atoms with Crippen molar-refractivity contribution < 1.29 is 0 Å². The van der Waals surface area contributed by atoms with E-state index in [2.05, 4.69) is 69.8 Å². The molecule has 1 nitrogen and oxygen atoms in total. The lowest BCUT2D eigenvalue weighted by Crippen LogP contribution is -2.43. The molecule has 0 heterocycles. The van der Waals surface area contributed by atoms with E-state index in [1.54, 1.807) is 0 Å². The van der Waals surface area contributed by atoms with Crippen molar-refractivity contribution >= 4 is 32.4 Å². The van der Waals surface area contributed by atoms with E-state index in [9.17, 15) is 0 Å². The van der Waals surface area contributed by atoms with Gasteiger partial charge in [0.15, 0.2) is 0 Å². The summed E-state index contributed by atoms with van der Waals surface area (Å²) < 4.78 is 1.17. The van der Waals surface area contributed by atoms with Gasteiger partial charge in [0.05, 0.1) is 0 Å². The zero-order chi connectivity index (χ0) is 12.8. The number of anilines is 1. The number of benzene rings is 2. The fourth-order valence-electron chi connectivity index (χ4n) is 3.47. The zero-order valence-corrected chi connectivity index (χ0v) is 12.2. The van der Waals surface area contributed by atoms with Crippen molar-refractivity contribution in [1.82, 2.24) is 0 Å². The monoisotopic (exact) mass is 313 g/mol. The standard InChI is InChI=1S/C17H16BrN/c18-15-8-9-16(14-6-2-1-5-13(14)15)19-17-10-11-4-3-7-12(11)17/h1-3,5-9,11-12,17,19H,4,10H2. The van der Waals surface area contributed by atoms with Crippen LogP contribution in [0.1, 0.15) is 12.8 Å². The lowest BCUT2D eigenvalue weighted by molar-refractivity contribution is 0.218. The van der Waals surface area contributed by atoms with Gasteiger partial charge in [-0.05, 0) is 36.3 Å². The lowest BCUT2D eigenvalue weighted by atomic mass is 9.71. The molecular formula is C17H16BrN. The van der Waals surface area contributed by atoms with Crippen LogP contribution in [0.5, 0.6) is 0 Å². The van der Waals surface area contributed by atoms with Crippen LogP contribution in [-0.4, -0.2) is 6.04 Å². The first-order valence-electron chi connectivity index (χ1n) is 6.93. The van der Waals surface area contributed by atoms with Gasteiger partial charge in [-0.3, -0.25) is 0 Å². The predicted octanol–water partition coefficient (Wildman–Crippen LogP) is 4.98. The molecule has 0 amide bonds. The molecule has 3 unspecified atom stereocenters. The van der Waals surface area contributed by atoms with Gasteiger partial charge < -0.3 is 5.32 Å². The van der Waals surface area contributed by atoms with Crippen molar-refractivity contribution in [2.24, 2.45) is 11.8 Å². The summed E-state index contributed by atoms with van der Waals surface area (Å²) in [6, 6.07) is 13.5. The largest absolute Gasteiger partial charge is 0.381 e. The Hall–Kier alpha value is -1.28. The minimum atomic E-state index is 0.619. The van der Waals surface area contributed by atoms with Gasteiger partial charge in [0.2, 0.25) is 0 Å². The molecule has 0 bridgehead atoms. The molecule has 0 saturated heterocycles. The average molecular weight is 314 g/mol. The number of allylic oxidation sites excluding steroid dienone is 1. The van der Waals surface area contributed by atoms with Crippen molar-refractivity contribution in [1.29, 1.82) is 0 Å². The Balaban J connectivity index is 1.68. The molecule has 2 aromatic rings. The fourth-order valence-corrected chi connectivity index (χ4v) is 3.95. The Labute approximate surface area is 121 Å².